The van der Waals surface area contributed by atoms with Crippen molar-refractivity contribution in [2.45, 2.75) is 26.3 Å². The summed E-state index contributed by atoms with van der Waals surface area (Å²) in [6.45, 7) is 3.69. The first-order chi connectivity index (χ1) is 9.63. The molecule has 0 radical (unpaired) electrons. The van der Waals surface area contributed by atoms with Crippen LogP contribution in [0, 0.1) is 6.92 Å². The molecule has 4 nitrogen and oxygen atoms in total. The van der Waals surface area contributed by atoms with E-state index in [-0.39, 0.29) is 5.76 Å². The zero-order chi connectivity index (χ0) is 14.1. The van der Waals surface area contributed by atoms with E-state index < -0.39 is 5.97 Å². The van der Waals surface area contributed by atoms with Crippen LogP contribution in [0.3, 0.4) is 0 Å². The number of fused-ring (bicyclic) bond motifs is 1. The number of benzene rings is 1. The van der Waals surface area contributed by atoms with Gasteiger partial charge in [0, 0.05) is 12.2 Å². The SMILES string of the molecule is Cc1ccc2c(c1)CCCN2Cc1ccc(C(=O)O)o1. The molecule has 0 saturated heterocycles. The zero-order valence-corrected chi connectivity index (χ0v) is 11.4. The van der Waals surface area contributed by atoms with Gasteiger partial charge < -0.3 is 14.4 Å². The summed E-state index contributed by atoms with van der Waals surface area (Å²) in [5, 5.41) is 8.88. The van der Waals surface area contributed by atoms with Gasteiger partial charge in [0.1, 0.15) is 5.76 Å². The summed E-state index contributed by atoms with van der Waals surface area (Å²) < 4.78 is 5.35. The molecule has 0 aliphatic carbocycles. The van der Waals surface area contributed by atoms with E-state index in [0.717, 1.165) is 19.4 Å². The van der Waals surface area contributed by atoms with Crippen LogP contribution in [0.4, 0.5) is 5.69 Å². The molecule has 1 aromatic carbocycles. The molecule has 0 bridgehead atoms. The molecule has 0 unspecified atom stereocenters. The van der Waals surface area contributed by atoms with E-state index in [1.54, 1.807) is 6.07 Å². The van der Waals surface area contributed by atoms with Gasteiger partial charge in [-0.3, -0.25) is 0 Å². The van der Waals surface area contributed by atoms with Gasteiger partial charge in [0.15, 0.2) is 0 Å². The van der Waals surface area contributed by atoms with Gasteiger partial charge in [-0.05, 0) is 43.5 Å². The lowest BCUT2D eigenvalue weighted by molar-refractivity contribution is 0.0660. The maximum atomic E-state index is 10.8. The molecule has 1 aliphatic rings. The van der Waals surface area contributed by atoms with Crippen molar-refractivity contribution in [3.05, 3.63) is 53.0 Å². The van der Waals surface area contributed by atoms with E-state index in [4.69, 9.17) is 9.52 Å². The fourth-order valence-corrected chi connectivity index (χ4v) is 2.73. The summed E-state index contributed by atoms with van der Waals surface area (Å²) in [7, 11) is 0. The number of hydrogen-bond acceptors (Lipinski definition) is 3. The highest BCUT2D eigenvalue weighted by molar-refractivity contribution is 5.84. The maximum Gasteiger partial charge on any atom is 0.371 e. The molecular formula is C16H17NO3. The van der Waals surface area contributed by atoms with Gasteiger partial charge in [-0.2, -0.15) is 0 Å². The van der Waals surface area contributed by atoms with Crippen LogP contribution in [0.5, 0.6) is 0 Å². The largest absolute Gasteiger partial charge is 0.475 e. The number of carboxylic acids is 1. The first kappa shape index (κ1) is 12.8. The first-order valence-corrected chi connectivity index (χ1v) is 6.80. The van der Waals surface area contributed by atoms with Gasteiger partial charge in [0.2, 0.25) is 5.76 Å². The minimum absolute atomic E-state index is 0.00105. The topological polar surface area (TPSA) is 53.7 Å². The third-order valence-corrected chi connectivity index (χ3v) is 3.67. The minimum atomic E-state index is -1.02. The third-order valence-electron chi connectivity index (χ3n) is 3.67. The number of hydrogen-bond donors (Lipinski definition) is 1. The highest BCUT2D eigenvalue weighted by Gasteiger charge is 2.18. The molecule has 0 fully saturated rings. The van der Waals surface area contributed by atoms with E-state index in [9.17, 15) is 4.79 Å². The summed E-state index contributed by atoms with van der Waals surface area (Å²) in [4.78, 5) is 13.1. The number of carboxylic acid groups (broad SMARTS) is 1. The van der Waals surface area contributed by atoms with Crippen molar-refractivity contribution in [1.29, 1.82) is 0 Å². The van der Waals surface area contributed by atoms with Crippen LogP contribution < -0.4 is 4.90 Å². The Bertz CT molecular complexity index is 645. The molecule has 4 heteroatoms. The van der Waals surface area contributed by atoms with Crippen LogP contribution in [0.2, 0.25) is 0 Å². The molecule has 0 saturated carbocycles. The molecule has 1 aromatic heterocycles. The summed E-state index contributed by atoms with van der Waals surface area (Å²) in [5.41, 5.74) is 3.87. The quantitative estimate of drug-likeness (QED) is 0.931. The Kier molecular flexibility index (Phi) is 3.22. The van der Waals surface area contributed by atoms with E-state index in [1.807, 2.05) is 0 Å². The van der Waals surface area contributed by atoms with Crippen LogP contribution in [0.25, 0.3) is 0 Å². The molecule has 1 N–H and O–H groups in total. The Morgan fingerprint density at radius 1 is 1.35 bits per heavy atom. The minimum Gasteiger partial charge on any atom is -0.475 e. The van der Waals surface area contributed by atoms with Crippen LogP contribution in [-0.2, 0) is 13.0 Å². The van der Waals surface area contributed by atoms with Crippen molar-refractivity contribution in [1.82, 2.24) is 0 Å². The summed E-state index contributed by atoms with van der Waals surface area (Å²) in [6.07, 6.45) is 2.22. The zero-order valence-electron chi connectivity index (χ0n) is 11.4. The normalized spacial score (nSPS) is 14.2. The number of aromatic carboxylic acids is 1. The third kappa shape index (κ3) is 2.41. The lowest BCUT2D eigenvalue weighted by Crippen LogP contribution is -2.28. The van der Waals surface area contributed by atoms with Gasteiger partial charge in [-0.25, -0.2) is 4.79 Å². The van der Waals surface area contributed by atoms with E-state index in [2.05, 4.69) is 30.0 Å². The van der Waals surface area contributed by atoms with Crippen molar-refractivity contribution in [3.63, 3.8) is 0 Å². The van der Waals surface area contributed by atoms with E-state index >= 15 is 0 Å². The van der Waals surface area contributed by atoms with Crippen LogP contribution >= 0.6 is 0 Å². The number of rotatable bonds is 3. The molecule has 20 heavy (non-hydrogen) atoms. The van der Waals surface area contributed by atoms with Crippen LogP contribution in [-0.4, -0.2) is 17.6 Å². The molecule has 0 spiro atoms. The first-order valence-electron chi connectivity index (χ1n) is 6.80. The second-order valence-electron chi connectivity index (χ2n) is 5.23. The molecule has 3 rings (SSSR count). The van der Waals surface area contributed by atoms with Crippen LogP contribution in [0.15, 0.2) is 34.7 Å². The molecular weight excluding hydrogens is 254 g/mol. The number of furan rings is 1. The second-order valence-corrected chi connectivity index (χ2v) is 5.23. The Balaban J connectivity index is 1.83. The predicted molar refractivity (Wildman–Crippen MR) is 76.2 cm³/mol. The lowest BCUT2D eigenvalue weighted by Gasteiger charge is -2.30. The Morgan fingerprint density at radius 2 is 2.20 bits per heavy atom. The maximum absolute atomic E-state index is 10.8. The highest BCUT2D eigenvalue weighted by Crippen LogP contribution is 2.29. The molecule has 2 heterocycles. The van der Waals surface area contributed by atoms with Crippen molar-refractivity contribution in [3.8, 4) is 0 Å². The van der Waals surface area contributed by atoms with Crippen molar-refractivity contribution in [2.24, 2.45) is 0 Å². The van der Waals surface area contributed by atoms with Crippen LogP contribution in [0.1, 0.15) is 33.9 Å². The van der Waals surface area contributed by atoms with Crippen molar-refractivity contribution in [2.75, 3.05) is 11.4 Å². The lowest BCUT2D eigenvalue weighted by atomic mass is 9.99. The molecule has 1 aliphatic heterocycles. The van der Waals surface area contributed by atoms with Gasteiger partial charge in [-0.1, -0.05) is 17.7 Å². The molecule has 2 aromatic rings. The van der Waals surface area contributed by atoms with Gasteiger partial charge >= 0.3 is 5.97 Å². The monoisotopic (exact) mass is 271 g/mol. The Hall–Kier alpha value is -2.23. The van der Waals surface area contributed by atoms with E-state index in [1.165, 1.54) is 22.9 Å². The number of nitrogens with zero attached hydrogens (tertiary/aromatic N) is 1. The fraction of sp³-hybridized carbons (Fsp3) is 0.312. The van der Waals surface area contributed by atoms with Gasteiger partial charge in [0.05, 0.1) is 6.54 Å². The van der Waals surface area contributed by atoms with Gasteiger partial charge in [0.25, 0.3) is 0 Å². The summed E-state index contributed by atoms with van der Waals surface area (Å²) >= 11 is 0. The molecule has 104 valence electrons. The molecule has 0 atom stereocenters. The molecule has 0 amide bonds. The number of anilines is 1. The van der Waals surface area contributed by atoms with Crippen molar-refractivity contribution < 1.29 is 14.3 Å². The van der Waals surface area contributed by atoms with Gasteiger partial charge in [-0.15, -0.1) is 0 Å². The highest BCUT2D eigenvalue weighted by atomic mass is 16.4. The average Bonchev–Trinajstić information content (AvgIpc) is 2.87. The number of carbonyl (C=O) groups is 1. The second kappa shape index (κ2) is 5.04. The summed E-state index contributed by atoms with van der Waals surface area (Å²) in [5.74, 6) is -0.331. The van der Waals surface area contributed by atoms with Crippen molar-refractivity contribution >= 4 is 11.7 Å². The average molecular weight is 271 g/mol. The smallest absolute Gasteiger partial charge is 0.371 e. The number of aryl methyl sites for hydroxylation is 2. The Labute approximate surface area is 117 Å². The fourth-order valence-electron chi connectivity index (χ4n) is 2.73. The standard InChI is InChI=1S/C16H17NO3/c1-11-4-6-14-12(9-11)3-2-8-17(14)10-13-5-7-15(20-13)16(18)19/h4-7,9H,2-3,8,10H2,1H3,(H,18,19). The predicted octanol–water partition coefficient (Wildman–Crippen LogP) is 3.24. The van der Waals surface area contributed by atoms with E-state index in [0.29, 0.717) is 12.3 Å². The summed E-state index contributed by atoms with van der Waals surface area (Å²) in [6, 6.07) is 9.74. The Morgan fingerprint density at radius 3 is 2.95 bits per heavy atom.